The summed E-state index contributed by atoms with van der Waals surface area (Å²) in [6, 6.07) is 5.18. The van der Waals surface area contributed by atoms with E-state index in [4.69, 9.17) is 0 Å². The molecule has 4 fully saturated rings. The number of piperidine rings is 1. The number of hydrogen-bond donors (Lipinski definition) is 2. The van der Waals surface area contributed by atoms with Gasteiger partial charge in [-0.2, -0.15) is 0 Å². The number of aliphatic hydroxyl groups excluding tert-OH is 1. The van der Waals surface area contributed by atoms with Crippen molar-refractivity contribution in [3.63, 3.8) is 0 Å². The largest absolute Gasteiger partial charge is 0.393 e. The smallest absolute Gasteiger partial charge is 0.230 e. The second-order valence-electron chi connectivity index (χ2n) is 10.7. The number of amides is 2. The summed E-state index contributed by atoms with van der Waals surface area (Å²) in [6.45, 7) is 2.04. The maximum atomic E-state index is 15.1. The Morgan fingerprint density at radius 1 is 1.03 bits per heavy atom. The summed E-state index contributed by atoms with van der Waals surface area (Å²) < 4.78 is 15.1. The molecule has 2 heterocycles. The Morgan fingerprint density at radius 2 is 1.79 bits per heavy atom. The zero-order valence-corrected chi connectivity index (χ0v) is 19.4. The number of halogens is 1. The van der Waals surface area contributed by atoms with Crippen LogP contribution in [0.1, 0.15) is 70.6 Å². The highest BCUT2D eigenvalue weighted by molar-refractivity contribution is 5.93. The van der Waals surface area contributed by atoms with Crippen molar-refractivity contribution in [3.05, 3.63) is 24.0 Å². The van der Waals surface area contributed by atoms with Crippen LogP contribution in [0.4, 0.5) is 15.8 Å². The normalized spacial score (nSPS) is 30.9. The highest BCUT2D eigenvalue weighted by Gasteiger charge is 2.50. The van der Waals surface area contributed by atoms with Crippen LogP contribution in [0, 0.1) is 17.2 Å². The second kappa shape index (κ2) is 9.24. The Kier molecular flexibility index (Phi) is 6.34. The van der Waals surface area contributed by atoms with E-state index in [1.165, 1.54) is 6.07 Å². The van der Waals surface area contributed by atoms with Gasteiger partial charge < -0.3 is 20.2 Å². The Bertz CT molecular complexity index is 895. The topological polar surface area (TPSA) is 72.9 Å². The zero-order chi connectivity index (χ0) is 23.0. The fraction of sp³-hybridized carbons (Fsp3) is 0.692. The minimum absolute atomic E-state index is 0.0107. The molecule has 2 amide bonds. The van der Waals surface area contributed by atoms with Gasteiger partial charge in [0.1, 0.15) is 5.82 Å². The van der Waals surface area contributed by atoms with Gasteiger partial charge in [-0.3, -0.25) is 9.59 Å². The lowest BCUT2D eigenvalue weighted by atomic mass is 9.78. The van der Waals surface area contributed by atoms with Gasteiger partial charge in [-0.15, -0.1) is 0 Å². The molecule has 1 aromatic carbocycles. The molecule has 7 heteroatoms. The molecule has 1 spiro atoms. The average molecular weight is 458 g/mol. The van der Waals surface area contributed by atoms with Crippen molar-refractivity contribution in [1.82, 2.24) is 4.90 Å². The molecular weight excluding hydrogens is 421 g/mol. The lowest BCUT2D eigenvalue weighted by molar-refractivity contribution is -0.139. The molecule has 2 aliphatic carbocycles. The zero-order valence-electron chi connectivity index (χ0n) is 19.4. The van der Waals surface area contributed by atoms with E-state index in [0.717, 1.165) is 83.7 Å². The van der Waals surface area contributed by atoms with Crippen LogP contribution in [0.3, 0.4) is 0 Å². The molecule has 5 rings (SSSR count). The Hall–Kier alpha value is -2.15. The van der Waals surface area contributed by atoms with Crippen molar-refractivity contribution in [1.29, 1.82) is 0 Å². The van der Waals surface area contributed by atoms with E-state index in [9.17, 15) is 14.7 Å². The van der Waals surface area contributed by atoms with Gasteiger partial charge in [0.25, 0.3) is 0 Å². The molecule has 2 aliphatic heterocycles. The first-order chi connectivity index (χ1) is 15.9. The van der Waals surface area contributed by atoms with Crippen LogP contribution in [0.5, 0.6) is 0 Å². The van der Waals surface area contributed by atoms with Crippen molar-refractivity contribution in [2.45, 2.75) is 82.8 Å². The summed E-state index contributed by atoms with van der Waals surface area (Å²) >= 11 is 0. The average Bonchev–Trinajstić information content (AvgIpc) is 3.45. The molecular formula is C26H36FN3O3. The van der Waals surface area contributed by atoms with Gasteiger partial charge in [0.05, 0.1) is 17.2 Å². The molecule has 4 aliphatic rings. The lowest BCUT2D eigenvalue weighted by Crippen LogP contribution is -2.50. The van der Waals surface area contributed by atoms with Crippen LogP contribution in [0.25, 0.3) is 0 Å². The first-order valence-corrected chi connectivity index (χ1v) is 12.8. The monoisotopic (exact) mass is 457 g/mol. The number of aliphatic hydroxyl groups is 1. The van der Waals surface area contributed by atoms with Crippen molar-refractivity contribution in [2.75, 3.05) is 29.9 Å². The minimum Gasteiger partial charge on any atom is -0.393 e. The minimum atomic E-state index is -0.434. The number of benzene rings is 1. The van der Waals surface area contributed by atoms with Crippen LogP contribution in [-0.2, 0) is 9.59 Å². The molecule has 0 aromatic heterocycles. The van der Waals surface area contributed by atoms with E-state index < -0.39 is 5.41 Å². The van der Waals surface area contributed by atoms with Gasteiger partial charge in [-0.05, 0) is 76.0 Å². The van der Waals surface area contributed by atoms with Gasteiger partial charge in [0.2, 0.25) is 11.8 Å². The fourth-order valence-corrected chi connectivity index (χ4v) is 6.56. The molecule has 6 nitrogen and oxygen atoms in total. The summed E-state index contributed by atoms with van der Waals surface area (Å²) in [6.07, 6.45) is 9.57. The number of rotatable bonds is 4. The molecule has 0 radical (unpaired) electrons. The molecule has 0 unspecified atom stereocenters. The van der Waals surface area contributed by atoms with Crippen molar-refractivity contribution < 1.29 is 19.1 Å². The van der Waals surface area contributed by atoms with Crippen LogP contribution < -0.4 is 10.2 Å². The van der Waals surface area contributed by atoms with E-state index in [1.807, 2.05) is 9.80 Å². The maximum Gasteiger partial charge on any atom is 0.230 e. The highest BCUT2D eigenvalue weighted by atomic mass is 19.1. The van der Waals surface area contributed by atoms with Crippen molar-refractivity contribution in [2.24, 2.45) is 11.3 Å². The van der Waals surface area contributed by atoms with Gasteiger partial charge in [0.15, 0.2) is 0 Å². The molecule has 1 atom stereocenters. The standard InChI is InChI=1S/C26H36FN3O3/c27-22-16-19(28-24(32)18-4-1-2-5-18)6-11-23(22)29-14-3-12-26(17-29)13-15-30(25(26)33)20-7-9-21(31)10-8-20/h6,11,16,18,20-21,31H,1-5,7-10,12-15,17H2,(H,28,32)/t20-,21-,26-/m0/s1. The molecule has 2 saturated heterocycles. The van der Waals surface area contributed by atoms with Crippen LogP contribution in [-0.4, -0.2) is 53.6 Å². The number of likely N-dealkylation sites (tertiary alicyclic amines) is 1. The third kappa shape index (κ3) is 4.48. The summed E-state index contributed by atoms with van der Waals surface area (Å²) in [5.41, 5.74) is 0.582. The molecule has 1 aromatic rings. The number of nitrogens with zero attached hydrogens (tertiary/aromatic N) is 2. The molecule has 0 bridgehead atoms. The number of hydrogen-bond acceptors (Lipinski definition) is 4. The molecule has 33 heavy (non-hydrogen) atoms. The summed E-state index contributed by atoms with van der Waals surface area (Å²) in [7, 11) is 0. The number of anilines is 2. The third-order valence-corrected chi connectivity index (χ3v) is 8.51. The van der Waals surface area contributed by atoms with E-state index in [1.54, 1.807) is 12.1 Å². The number of carbonyl (C=O) groups is 2. The quantitative estimate of drug-likeness (QED) is 0.715. The van der Waals surface area contributed by atoms with Crippen molar-refractivity contribution >= 4 is 23.2 Å². The highest BCUT2D eigenvalue weighted by Crippen LogP contribution is 2.44. The Labute approximate surface area is 195 Å². The van der Waals surface area contributed by atoms with E-state index >= 15 is 4.39 Å². The predicted molar refractivity (Wildman–Crippen MR) is 125 cm³/mol. The third-order valence-electron chi connectivity index (χ3n) is 8.51. The first-order valence-electron chi connectivity index (χ1n) is 12.8. The van der Waals surface area contributed by atoms with E-state index in [-0.39, 0.29) is 35.7 Å². The SMILES string of the molecule is O=C(Nc1ccc(N2CCC[C@]3(CCN([C@H]4CC[C@H](O)CC4)C3=O)C2)c(F)c1)C1CCCC1. The van der Waals surface area contributed by atoms with Crippen LogP contribution in [0.2, 0.25) is 0 Å². The molecule has 180 valence electrons. The maximum absolute atomic E-state index is 15.1. The van der Waals surface area contributed by atoms with Gasteiger partial charge in [-0.25, -0.2) is 4.39 Å². The number of carbonyl (C=O) groups excluding carboxylic acids is 2. The van der Waals surface area contributed by atoms with Crippen LogP contribution in [0.15, 0.2) is 18.2 Å². The second-order valence-corrected chi connectivity index (χ2v) is 10.7. The van der Waals surface area contributed by atoms with Gasteiger partial charge in [-0.1, -0.05) is 12.8 Å². The number of nitrogens with one attached hydrogen (secondary N) is 1. The first kappa shape index (κ1) is 22.6. The van der Waals surface area contributed by atoms with Crippen molar-refractivity contribution in [3.8, 4) is 0 Å². The Balaban J connectivity index is 1.26. The Morgan fingerprint density at radius 3 is 2.52 bits per heavy atom. The molecule has 2 N–H and O–H groups in total. The van der Waals surface area contributed by atoms with Crippen LogP contribution >= 0.6 is 0 Å². The predicted octanol–water partition coefficient (Wildman–Crippen LogP) is 4.08. The summed E-state index contributed by atoms with van der Waals surface area (Å²) in [5.74, 6) is -0.101. The summed E-state index contributed by atoms with van der Waals surface area (Å²) in [4.78, 5) is 30.0. The fourth-order valence-electron chi connectivity index (χ4n) is 6.56. The van der Waals surface area contributed by atoms with E-state index in [2.05, 4.69) is 5.32 Å². The summed E-state index contributed by atoms with van der Waals surface area (Å²) in [5, 5.41) is 12.7. The van der Waals surface area contributed by atoms with Gasteiger partial charge >= 0.3 is 0 Å². The lowest BCUT2D eigenvalue weighted by Gasteiger charge is -2.41. The van der Waals surface area contributed by atoms with Gasteiger partial charge in [0, 0.05) is 37.3 Å². The van der Waals surface area contributed by atoms with E-state index in [0.29, 0.717) is 17.9 Å². The molecule has 2 saturated carbocycles.